The number of hydrogen-bond acceptors (Lipinski definition) is 5. The first-order valence-corrected chi connectivity index (χ1v) is 3.35. The summed E-state index contributed by atoms with van der Waals surface area (Å²) >= 11 is 0. The largest absolute Gasteiger partial charge is 0.480 e. The smallest absolute Gasteiger partial charge is 0.329 e. The average molecular weight is 181 g/mol. The molecule has 0 bridgehead atoms. The lowest BCUT2D eigenvalue weighted by molar-refractivity contribution is -0.140. The Labute approximate surface area is 70.5 Å². The normalized spacial score (nSPS) is 14.1. The molecule has 0 fully saturated rings. The molecule has 6 nitrogen and oxygen atoms in total. The topological polar surface area (TPSA) is 110 Å². The summed E-state index contributed by atoms with van der Waals surface area (Å²) in [6.45, 7) is 2.32. The minimum Gasteiger partial charge on any atom is -0.480 e. The Morgan fingerprint density at radius 2 is 1.58 bits per heavy atom. The highest BCUT2D eigenvalue weighted by molar-refractivity contribution is 5.67. The van der Waals surface area contributed by atoms with Crippen molar-refractivity contribution in [3.63, 3.8) is 0 Å². The summed E-state index contributed by atoms with van der Waals surface area (Å²) in [6, 6.07) is 0. The third-order valence-electron chi connectivity index (χ3n) is 0.618. The summed E-state index contributed by atoms with van der Waals surface area (Å²) in [5.74, 6) is -1.19. The number of nitrogens with one attached hydrogen (secondary N) is 1. The average Bonchev–Trinajstić information content (AvgIpc) is 1.85. The molecule has 0 spiro atoms. The molecular formula is C6H15NO5. The van der Waals surface area contributed by atoms with Gasteiger partial charge in [0.1, 0.15) is 19.1 Å². The number of aliphatic hydroxyl groups excluding tert-OH is 3. The van der Waals surface area contributed by atoms with Crippen LogP contribution in [0.1, 0.15) is 13.8 Å². The zero-order valence-electron chi connectivity index (χ0n) is 7.06. The van der Waals surface area contributed by atoms with Crippen LogP contribution in [0.4, 0.5) is 0 Å². The molecule has 2 unspecified atom stereocenters. The van der Waals surface area contributed by atoms with Crippen molar-refractivity contribution >= 4 is 5.97 Å². The number of aliphatic carboxylic acids is 1. The van der Waals surface area contributed by atoms with Gasteiger partial charge in [-0.15, -0.1) is 0 Å². The van der Waals surface area contributed by atoms with E-state index in [1.807, 2.05) is 0 Å². The predicted octanol–water partition coefficient (Wildman–Crippen LogP) is -1.68. The van der Waals surface area contributed by atoms with Crippen molar-refractivity contribution in [3.05, 3.63) is 0 Å². The molecule has 0 aliphatic rings. The Hall–Kier alpha value is -0.690. The number of aliphatic hydroxyl groups is 3. The van der Waals surface area contributed by atoms with Gasteiger partial charge in [-0.3, -0.25) is 5.32 Å². The van der Waals surface area contributed by atoms with Gasteiger partial charge in [-0.05, 0) is 13.8 Å². The molecular weight excluding hydrogens is 166 g/mol. The first-order valence-electron chi connectivity index (χ1n) is 3.35. The lowest BCUT2D eigenvalue weighted by Gasteiger charge is -2.08. The molecule has 5 N–H and O–H groups in total. The van der Waals surface area contributed by atoms with E-state index in [0.717, 1.165) is 0 Å². The number of carboxylic acid groups (broad SMARTS) is 1. The van der Waals surface area contributed by atoms with E-state index in [1.165, 1.54) is 0 Å². The van der Waals surface area contributed by atoms with Gasteiger partial charge in [-0.1, -0.05) is 0 Å². The van der Waals surface area contributed by atoms with Crippen LogP contribution in [-0.4, -0.2) is 45.5 Å². The molecule has 12 heavy (non-hydrogen) atoms. The summed E-state index contributed by atoms with van der Waals surface area (Å²) in [6.07, 6.45) is -1.25. The van der Waals surface area contributed by atoms with Crippen LogP contribution < -0.4 is 5.32 Å². The zero-order chi connectivity index (χ0) is 10.1. The number of rotatable bonds is 3. The fourth-order valence-corrected chi connectivity index (χ4v) is 0.349. The van der Waals surface area contributed by atoms with Crippen molar-refractivity contribution in [1.82, 2.24) is 5.32 Å². The minimum atomic E-state index is -1.19. The molecule has 0 amide bonds. The third-order valence-corrected chi connectivity index (χ3v) is 0.618. The van der Waals surface area contributed by atoms with Crippen molar-refractivity contribution in [3.8, 4) is 0 Å². The maximum absolute atomic E-state index is 9.12. The lowest BCUT2D eigenvalue weighted by Crippen LogP contribution is -2.33. The molecule has 0 saturated carbocycles. The Bertz CT molecular complexity index is 109. The van der Waals surface area contributed by atoms with Gasteiger partial charge in [-0.25, -0.2) is 4.79 Å². The molecule has 6 heteroatoms. The van der Waals surface area contributed by atoms with Crippen LogP contribution >= 0.6 is 0 Å². The fourth-order valence-electron chi connectivity index (χ4n) is 0.349. The molecule has 0 aromatic carbocycles. The summed E-state index contributed by atoms with van der Waals surface area (Å²) in [4.78, 5) is 9.12. The lowest BCUT2D eigenvalue weighted by atomic mass is 10.6. The van der Waals surface area contributed by atoms with Crippen LogP contribution in [0.15, 0.2) is 0 Å². The highest BCUT2D eigenvalue weighted by atomic mass is 16.4. The van der Waals surface area contributed by atoms with Crippen molar-refractivity contribution in [2.45, 2.75) is 26.3 Å². The van der Waals surface area contributed by atoms with Crippen molar-refractivity contribution in [1.29, 1.82) is 0 Å². The fraction of sp³-hybridized carbons (Fsp3) is 0.833. The molecule has 74 valence electrons. The van der Waals surface area contributed by atoms with Crippen LogP contribution in [-0.2, 0) is 4.79 Å². The van der Waals surface area contributed by atoms with Crippen molar-refractivity contribution < 1.29 is 25.2 Å². The van der Waals surface area contributed by atoms with E-state index in [2.05, 4.69) is 5.32 Å². The SMILES string of the molecule is CC(O)NC(C)O.O=C(O)CO. The molecule has 0 rings (SSSR count). The predicted molar refractivity (Wildman–Crippen MR) is 41.2 cm³/mol. The monoisotopic (exact) mass is 181 g/mol. The Morgan fingerprint density at radius 1 is 1.33 bits per heavy atom. The van der Waals surface area contributed by atoms with Crippen LogP contribution in [0, 0.1) is 0 Å². The molecule has 0 aromatic heterocycles. The first-order chi connectivity index (χ1) is 5.40. The number of carboxylic acids is 1. The quantitative estimate of drug-likeness (QED) is 0.332. The van der Waals surface area contributed by atoms with E-state index >= 15 is 0 Å². The van der Waals surface area contributed by atoms with Gasteiger partial charge in [-0.2, -0.15) is 0 Å². The van der Waals surface area contributed by atoms with E-state index in [0.29, 0.717) is 0 Å². The molecule has 0 aliphatic heterocycles. The maximum Gasteiger partial charge on any atom is 0.329 e. The van der Waals surface area contributed by atoms with Crippen LogP contribution in [0.2, 0.25) is 0 Å². The summed E-state index contributed by atoms with van der Waals surface area (Å²) in [5.41, 5.74) is 0. The molecule has 0 saturated heterocycles. The van der Waals surface area contributed by atoms with Gasteiger partial charge in [0.25, 0.3) is 0 Å². The molecule has 0 heterocycles. The van der Waals surface area contributed by atoms with Crippen molar-refractivity contribution in [2.75, 3.05) is 6.61 Å². The van der Waals surface area contributed by atoms with Crippen LogP contribution in [0.25, 0.3) is 0 Å². The van der Waals surface area contributed by atoms with Gasteiger partial charge in [0, 0.05) is 0 Å². The number of carbonyl (C=O) groups is 1. The van der Waals surface area contributed by atoms with E-state index in [9.17, 15) is 0 Å². The standard InChI is InChI=1S/C4H11NO2.C2H4O3/c1-3(6)5-4(2)7;3-1-2(4)5/h3-7H,1-2H3;3H,1H2,(H,4,5). The van der Waals surface area contributed by atoms with Gasteiger partial charge < -0.3 is 20.4 Å². The zero-order valence-corrected chi connectivity index (χ0v) is 7.06. The second kappa shape index (κ2) is 8.41. The van der Waals surface area contributed by atoms with E-state index in [4.69, 9.17) is 25.2 Å². The van der Waals surface area contributed by atoms with E-state index in [-0.39, 0.29) is 0 Å². The first kappa shape index (κ1) is 13.9. The van der Waals surface area contributed by atoms with E-state index in [1.54, 1.807) is 13.8 Å². The Kier molecular flexibility index (Phi) is 9.72. The van der Waals surface area contributed by atoms with Gasteiger partial charge in [0.05, 0.1) is 0 Å². The van der Waals surface area contributed by atoms with Crippen LogP contribution in [0.5, 0.6) is 0 Å². The van der Waals surface area contributed by atoms with Crippen molar-refractivity contribution in [2.24, 2.45) is 0 Å². The second-order valence-corrected chi connectivity index (χ2v) is 2.07. The summed E-state index contributed by atoms with van der Waals surface area (Å²) in [7, 11) is 0. The molecule has 0 radical (unpaired) electrons. The van der Waals surface area contributed by atoms with Crippen LogP contribution in [0.3, 0.4) is 0 Å². The summed E-state index contributed by atoms with van der Waals surface area (Å²) < 4.78 is 0. The highest BCUT2D eigenvalue weighted by Crippen LogP contribution is 1.74. The number of hydrogen-bond donors (Lipinski definition) is 5. The molecule has 0 aliphatic carbocycles. The van der Waals surface area contributed by atoms with Gasteiger partial charge in [0.2, 0.25) is 0 Å². The maximum atomic E-state index is 9.12. The summed E-state index contributed by atoms with van der Waals surface area (Å²) in [5, 5.41) is 34.3. The Morgan fingerprint density at radius 3 is 1.58 bits per heavy atom. The highest BCUT2D eigenvalue weighted by Gasteiger charge is 1.95. The second-order valence-electron chi connectivity index (χ2n) is 2.07. The minimum absolute atomic E-state index is 0.625. The van der Waals surface area contributed by atoms with Gasteiger partial charge in [0.15, 0.2) is 0 Å². The van der Waals surface area contributed by atoms with Gasteiger partial charge >= 0.3 is 5.97 Å². The third kappa shape index (κ3) is 22.8. The Balaban J connectivity index is 0. The molecule has 0 aromatic rings. The molecule has 2 atom stereocenters. The van der Waals surface area contributed by atoms with E-state index < -0.39 is 25.0 Å².